The van der Waals surface area contributed by atoms with E-state index >= 15 is 0 Å². The second-order valence-corrected chi connectivity index (χ2v) is 5.59. The fraction of sp³-hybridized carbons (Fsp3) is 0.500. The smallest absolute Gasteiger partial charge is 0.171 e. The molecule has 1 aromatic rings. The van der Waals surface area contributed by atoms with Crippen molar-refractivity contribution in [1.29, 1.82) is 0 Å². The number of oxime groups is 1. The van der Waals surface area contributed by atoms with E-state index in [1.807, 2.05) is 11.8 Å². The Morgan fingerprint density at radius 1 is 1.50 bits per heavy atom. The first kappa shape index (κ1) is 16.8. The van der Waals surface area contributed by atoms with Crippen molar-refractivity contribution in [1.82, 2.24) is 0 Å². The van der Waals surface area contributed by atoms with Gasteiger partial charge >= 0.3 is 0 Å². The van der Waals surface area contributed by atoms with Gasteiger partial charge in [0.1, 0.15) is 0 Å². The van der Waals surface area contributed by atoms with Crippen molar-refractivity contribution in [2.45, 2.75) is 27.2 Å². The molecule has 1 aromatic carbocycles. The molecular weight excluding hydrogens is 325 g/mol. The van der Waals surface area contributed by atoms with Crippen LogP contribution in [-0.4, -0.2) is 24.1 Å². The minimum Gasteiger partial charge on any atom is -0.409 e. The summed E-state index contributed by atoms with van der Waals surface area (Å²) in [5, 5.41) is 11.6. The summed E-state index contributed by atoms with van der Waals surface area (Å²) in [5.74, 6) is -0.0246. The van der Waals surface area contributed by atoms with E-state index in [4.69, 9.17) is 10.9 Å². The molecule has 0 aliphatic rings. The summed E-state index contributed by atoms with van der Waals surface area (Å²) in [7, 11) is 0. The highest BCUT2D eigenvalue weighted by Crippen LogP contribution is 2.30. The molecule has 3 N–H and O–H groups in total. The van der Waals surface area contributed by atoms with Gasteiger partial charge in [-0.25, -0.2) is 4.39 Å². The lowest BCUT2D eigenvalue weighted by molar-refractivity contribution is 0.318. The number of rotatable bonds is 6. The number of hydrogen-bond donors (Lipinski definition) is 2. The third-order valence-electron chi connectivity index (χ3n) is 3.40. The van der Waals surface area contributed by atoms with Gasteiger partial charge in [-0.2, -0.15) is 0 Å². The largest absolute Gasteiger partial charge is 0.409 e. The average Bonchev–Trinajstić information content (AvgIpc) is 2.46. The normalized spacial score (nSPS) is 13.3. The molecule has 0 aliphatic carbocycles. The predicted octanol–water partition coefficient (Wildman–Crippen LogP) is 3.56. The first-order valence-electron chi connectivity index (χ1n) is 6.67. The number of nitrogens with two attached hydrogens (primary N) is 1. The van der Waals surface area contributed by atoms with Crippen LogP contribution in [0.2, 0.25) is 0 Å². The van der Waals surface area contributed by atoms with Crippen molar-refractivity contribution in [3.05, 3.63) is 28.0 Å². The molecular formula is C14H21BrFN3O. The molecule has 0 aromatic heterocycles. The van der Waals surface area contributed by atoms with Gasteiger partial charge in [0.05, 0.1) is 10.2 Å². The Kier molecular flexibility index (Phi) is 6.26. The lowest BCUT2D eigenvalue weighted by Gasteiger charge is -2.27. The molecule has 1 atom stereocenters. The van der Waals surface area contributed by atoms with Crippen molar-refractivity contribution in [3.8, 4) is 0 Å². The Morgan fingerprint density at radius 3 is 2.65 bits per heavy atom. The molecule has 4 nitrogen and oxygen atoms in total. The van der Waals surface area contributed by atoms with Crippen molar-refractivity contribution in [2.75, 3.05) is 18.0 Å². The predicted molar refractivity (Wildman–Crippen MR) is 84.0 cm³/mol. The van der Waals surface area contributed by atoms with Gasteiger partial charge in [0.15, 0.2) is 11.7 Å². The van der Waals surface area contributed by atoms with Crippen molar-refractivity contribution < 1.29 is 9.60 Å². The molecule has 0 spiro atoms. The zero-order valence-electron chi connectivity index (χ0n) is 12.0. The van der Waals surface area contributed by atoms with Gasteiger partial charge in [-0.3, -0.25) is 0 Å². The highest BCUT2D eigenvalue weighted by Gasteiger charge is 2.18. The van der Waals surface area contributed by atoms with E-state index in [-0.39, 0.29) is 16.1 Å². The monoisotopic (exact) mass is 345 g/mol. The van der Waals surface area contributed by atoms with Gasteiger partial charge in [0.2, 0.25) is 0 Å². The van der Waals surface area contributed by atoms with Crippen molar-refractivity contribution >= 4 is 27.5 Å². The average molecular weight is 346 g/mol. The molecule has 1 rings (SSSR count). The second-order valence-electron chi connectivity index (χ2n) is 4.80. The number of halogens is 2. The molecule has 0 aliphatic heterocycles. The van der Waals surface area contributed by atoms with E-state index in [2.05, 4.69) is 34.9 Å². The Morgan fingerprint density at radius 2 is 2.15 bits per heavy atom. The number of anilines is 1. The maximum Gasteiger partial charge on any atom is 0.171 e. The summed E-state index contributed by atoms with van der Waals surface area (Å²) in [6, 6.07) is 3.32. The Balaban J connectivity index is 3.16. The van der Waals surface area contributed by atoms with Crippen LogP contribution >= 0.6 is 15.9 Å². The van der Waals surface area contributed by atoms with Crippen LogP contribution in [0.3, 0.4) is 0 Å². The fourth-order valence-electron chi connectivity index (χ4n) is 1.94. The SMILES string of the molecule is CCC(C)CN(CC)c1ccc(/C(N)=N/O)c(Br)c1F. The number of benzene rings is 1. The molecule has 0 bridgehead atoms. The molecule has 6 heteroatoms. The molecule has 0 radical (unpaired) electrons. The van der Waals surface area contributed by atoms with Crippen LogP contribution in [0.4, 0.5) is 10.1 Å². The Labute approximate surface area is 127 Å². The van der Waals surface area contributed by atoms with Crippen LogP contribution in [-0.2, 0) is 0 Å². The van der Waals surface area contributed by atoms with Gasteiger partial charge in [-0.1, -0.05) is 25.4 Å². The van der Waals surface area contributed by atoms with E-state index in [1.54, 1.807) is 12.1 Å². The minimum absolute atomic E-state index is 0.118. The van der Waals surface area contributed by atoms with Crippen LogP contribution in [0.25, 0.3) is 0 Å². The van der Waals surface area contributed by atoms with Crippen LogP contribution in [0.1, 0.15) is 32.8 Å². The zero-order chi connectivity index (χ0) is 15.3. The standard InChI is InChI=1S/C14H21BrFN3O/c1-4-9(3)8-19(5-2)11-7-6-10(14(17)18-20)12(15)13(11)16/h6-7,9,20H,4-5,8H2,1-3H3,(H2,17,18). The van der Waals surface area contributed by atoms with Gasteiger partial charge in [0, 0.05) is 18.7 Å². The molecule has 0 heterocycles. The summed E-state index contributed by atoms with van der Waals surface area (Å²) >= 11 is 3.18. The van der Waals surface area contributed by atoms with Crippen LogP contribution < -0.4 is 10.6 Å². The van der Waals surface area contributed by atoms with E-state index in [0.717, 1.165) is 19.5 Å². The molecule has 20 heavy (non-hydrogen) atoms. The summed E-state index contributed by atoms with van der Waals surface area (Å²) in [6.07, 6.45) is 1.04. The lowest BCUT2D eigenvalue weighted by atomic mass is 10.1. The second kappa shape index (κ2) is 7.47. The summed E-state index contributed by atoms with van der Waals surface area (Å²) < 4.78 is 14.7. The zero-order valence-corrected chi connectivity index (χ0v) is 13.6. The summed E-state index contributed by atoms with van der Waals surface area (Å²) in [5.41, 5.74) is 6.38. The molecule has 0 saturated carbocycles. The lowest BCUT2D eigenvalue weighted by Crippen LogP contribution is -2.29. The molecule has 112 valence electrons. The van der Waals surface area contributed by atoms with Crippen LogP contribution in [0.5, 0.6) is 0 Å². The molecule has 0 amide bonds. The maximum atomic E-state index is 14.5. The quantitative estimate of drug-likeness (QED) is 0.358. The highest BCUT2D eigenvalue weighted by molar-refractivity contribution is 9.10. The molecule has 1 unspecified atom stereocenters. The summed E-state index contributed by atoms with van der Waals surface area (Å²) in [6.45, 7) is 7.76. The van der Waals surface area contributed by atoms with Gasteiger partial charge < -0.3 is 15.8 Å². The van der Waals surface area contributed by atoms with E-state index in [1.165, 1.54) is 0 Å². The Bertz CT molecular complexity index is 494. The number of amidine groups is 1. The first-order valence-corrected chi connectivity index (χ1v) is 7.46. The number of nitrogens with zero attached hydrogens (tertiary/aromatic N) is 2. The topological polar surface area (TPSA) is 61.8 Å². The van der Waals surface area contributed by atoms with Crippen molar-refractivity contribution in [2.24, 2.45) is 16.8 Å². The summed E-state index contributed by atoms with van der Waals surface area (Å²) in [4.78, 5) is 1.99. The molecule has 0 saturated heterocycles. The van der Waals surface area contributed by atoms with Crippen LogP contribution in [0.15, 0.2) is 21.8 Å². The minimum atomic E-state index is -0.390. The van der Waals surface area contributed by atoms with E-state index in [0.29, 0.717) is 17.2 Å². The first-order chi connectivity index (χ1) is 9.46. The van der Waals surface area contributed by atoms with E-state index in [9.17, 15) is 4.39 Å². The highest BCUT2D eigenvalue weighted by atomic mass is 79.9. The Hall–Kier alpha value is -1.30. The van der Waals surface area contributed by atoms with Gasteiger partial charge in [-0.05, 0) is 40.9 Å². The van der Waals surface area contributed by atoms with Gasteiger partial charge in [0.25, 0.3) is 0 Å². The van der Waals surface area contributed by atoms with Crippen molar-refractivity contribution in [3.63, 3.8) is 0 Å². The third kappa shape index (κ3) is 3.62. The van der Waals surface area contributed by atoms with E-state index < -0.39 is 0 Å². The number of hydrogen-bond acceptors (Lipinski definition) is 3. The third-order valence-corrected chi connectivity index (χ3v) is 4.17. The van der Waals surface area contributed by atoms with Crippen LogP contribution in [0, 0.1) is 11.7 Å². The molecule has 0 fully saturated rings. The van der Waals surface area contributed by atoms with Gasteiger partial charge in [-0.15, -0.1) is 0 Å². The fourth-order valence-corrected chi connectivity index (χ4v) is 2.48. The maximum absolute atomic E-state index is 14.5.